The van der Waals surface area contributed by atoms with Gasteiger partial charge in [0.05, 0.1) is 6.20 Å². The van der Waals surface area contributed by atoms with Crippen molar-refractivity contribution in [3.8, 4) is 5.06 Å². The van der Waals surface area contributed by atoms with Gasteiger partial charge in [-0.25, -0.2) is 0 Å². The number of aromatic amines is 1. The minimum Gasteiger partial charge on any atom is -0.499 e. The number of rotatable bonds is 3. The molecule has 0 fully saturated rings. The van der Waals surface area contributed by atoms with Crippen LogP contribution in [0.1, 0.15) is 21.6 Å². The Morgan fingerprint density at radius 2 is 2.20 bits per heavy atom. The monoisotopic (exact) mass is 293 g/mol. The molecular formula is C12H11N3O4S. The van der Waals surface area contributed by atoms with Gasteiger partial charge in [0.15, 0.2) is 10.8 Å². The predicted octanol–water partition coefficient (Wildman–Crippen LogP) is 0.440. The summed E-state index contributed by atoms with van der Waals surface area (Å²) in [4.78, 5) is 35.6. The van der Waals surface area contributed by atoms with Gasteiger partial charge in [-0.3, -0.25) is 24.0 Å². The van der Waals surface area contributed by atoms with Crippen LogP contribution in [0.2, 0.25) is 0 Å². The predicted molar refractivity (Wildman–Crippen MR) is 74.2 cm³/mol. The van der Waals surface area contributed by atoms with Crippen LogP contribution in [0.4, 0.5) is 0 Å². The Labute approximate surface area is 116 Å². The zero-order valence-corrected chi connectivity index (χ0v) is 11.5. The van der Waals surface area contributed by atoms with Crippen molar-refractivity contribution in [1.82, 2.24) is 14.8 Å². The molecule has 0 aromatic carbocycles. The summed E-state index contributed by atoms with van der Waals surface area (Å²) in [6.07, 6.45) is 4.23. The normalized spacial score (nSPS) is 11.1. The number of aromatic hydroxyl groups is 1. The molecule has 20 heavy (non-hydrogen) atoms. The van der Waals surface area contributed by atoms with Crippen molar-refractivity contribution < 1.29 is 9.90 Å². The van der Waals surface area contributed by atoms with Gasteiger partial charge >= 0.3 is 4.87 Å². The van der Waals surface area contributed by atoms with E-state index in [9.17, 15) is 19.5 Å². The van der Waals surface area contributed by atoms with E-state index in [1.54, 1.807) is 17.9 Å². The zero-order valence-electron chi connectivity index (χ0n) is 10.7. The number of aromatic nitrogens is 3. The number of ketones is 1. The third-order valence-electron chi connectivity index (χ3n) is 2.78. The lowest BCUT2D eigenvalue weighted by Crippen LogP contribution is -2.22. The first-order valence-corrected chi connectivity index (χ1v) is 6.39. The van der Waals surface area contributed by atoms with Crippen molar-refractivity contribution in [2.75, 3.05) is 0 Å². The van der Waals surface area contributed by atoms with Gasteiger partial charge in [0.25, 0.3) is 5.56 Å². The highest BCUT2D eigenvalue weighted by atomic mass is 32.1. The number of hydrogen-bond acceptors (Lipinski definition) is 6. The van der Waals surface area contributed by atoms with E-state index in [0.717, 1.165) is 17.3 Å². The van der Waals surface area contributed by atoms with Crippen LogP contribution in [-0.2, 0) is 7.05 Å². The molecule has 0 aliphatic heterocycles. The van der Waals surface area contributed by atoms with Crippen LogP contribution in [0.25, 0.3) is 6.08 Å². The Morgan fingerprint density at radius 3 is 2.75 bits per heavy atom. The van der Waals surface area contributed by atoms with Gasteiger partial charge in [0, 0.05) is 18.3 Å². The van der Waals surface area contributed by atoms with Crippen LogP contribution in [0, 0.1) is 6.92 Å². The maximum Gasteiger partial charge on any atom is 0.310 e. The number of hydrogen-bond donors (Lipinski definition) is 2. The van der Waals surface area contributed by atoms with E-state index in [1.807, 2.05) is 11.9 Å². The summed E-state index contributed by atoms with van der Waals surface area (Å²) >= 11 is 0.403. The molecule has 2 aromatic rings. The fraction of sp³-hybridized carbons (Fsp3) is 0.167. The minimum absolute atomic E-state index is 0.403. The molecule has 0 atom stereocenters. The van der Waals surface area contributed by atoms with Gasteiger partial charge in [-0.05, 0) is 30.4 Å². The summed E-state index contributed by atoms with van der Waals surface area (Å²) in [6.45, 7) is 1.83. The summed E-state index contributed by atoms with van der Waals surface area (Å²) in [5, 5.41) is 13.0. The summed E-state index contributed by atoms with van der Waals surface area (Å²) in [5.74, 6) is -0.678. The molecule has 2 aromatic heterocycles. The lowest BCUT2D eigenvalue weighted by molar-refractivity contribution is 0.104. The first kappa shape index (κ1) is 13.9. The molecule has 0 spiro atoms. The third kappa shape index (κ3) is 2.59. The fourth-order valence-electron chi connectivity index (χ4n) is 1.56. The van der Waals surface area contributed by atoms with Crippen LogP contribution in [0.5, 0.6) is 5.06 Å². The van der Waals surface area contributed by atoms with Crippen LogP contribution in [0.15, 0.2) is 21.9 Å². The molecule has 2 rings (SSSR count). The van der Waals surface area contributed by atoms with Crippen LogP contribution < -0.4 is 10.4 Å². The van der Waals surface area contributed by atoms with E-state index in [2.05, 4.69) is 5.10 Å². The average molecular weight is 293 g/mol. The van der Waals surface area contributed by atoms with Crippen LogP contribution >= 0.6 is 11.3 Å². The standard InChI is InChI=1S/C12H11N3O4S/c1-6-7(5-13-15(6)2)3-4-8(16)9-10(17)14-12(19)20-11(9)18/h3-5,18H,1-2H3,(H,14,17,19). The van der Waals surface area contributed by atoms with Gasteiger partial charge in [-0.2, -0.15) is 5.10 Å². The van der Waals surface area contributed by atoms with E-state index >= 15 is 0 Å². The van der Waals surface area contributed by atoms with Crippen molar-refractivity contribution in [3.63, 3.8) is 0 Å². The summed E-state index contributed by atoms with van der Waals surface area (Å²) in [5.41, 5.74) is 0.238. The van der Waals surface area contributed by atoms with Crippen molar-refractivity contribution in [2.24, 2.45) is 7.05 Å². The molecule has 0 amide bonds. The molecule has 0 aliphatic carbocycles. The quantitative estimate of drug-likeness (QED) is 0.631. The number of carbonyl (C=O) groups is 1. The Bertz CT molecular complexity index is 813. The SMILES string of the molecule is Cc1c(C=CC(=O)c2c(O)sc(=O)[nH]c2=O)cnn1C. The van der Waals surface area contributed by atoms with E-state index < -0.39 is 26.8 Å². The smallest absolute Gasteiger partial charge is 0.310 e. The number of carbonyl (C=O) groups excluding carboxylic acids is 1. The number of H-pyrrole nitrogens is 1. The minimum atomic E-state index is -0.899. The Balaban J connectivity index is 2.36. The summed E-state index contributed by atoms with van der Waals surface area (Å²) < 4.78 is 1.64. The first-order valence-electron chi connectivity index (χ1n) is 5.57. The molecule has 2 heterocycles. The highest BCUT2D eigenvalue weighted by Gasteiger charge is 2.15. The van der Waals surface area contributed by atoms with Crippen molar-refractivity contribution >= 4 is 23.2 Å². The molecule has 0 saturated heterocycles. The third-order valence-corrected chi connectivity index (χ3v) is 3.46. The highest BCUT2D eigenvalue weighted by Crippen LogP contribution is 2.16. The van der Waals surface area contributed by atoms with Gasteiger partial charge in [-0.1, -0.05) is 0 Å². The molecule has 0 saturated carbocycles. The number of allylic oxidation sites excluding steroid dienone is 1. The van der Waals surface area contributed by atoms with Gasteiger partial charge in [-0.15, -0.1) is 0 Å². The lowest BCUT2D eigenvalue weighted by Gasteiger charge is -1.97. The molecule has 0 radical (unpaired) electrons. The maximum atomic E-state index is 11.9. The Morgan fingerprint density at radius 1 is 1.50 bits per heavy atom. The molecule has 2 N–H and O–H groups in total. The van der Waals surface area contributed by atoms with Crippen molar-refractivity contribution in [2.45, 2.75) is 6.92 Å². The second kappa shape index (κ2) is 5.25. The molecule has 0 unspecified atom stereocenters. The maximum absolute atomic E-state index is 11.9. The molecule has 0 bridgehead atoms. The first-order chi connectivity index (χ1) is 9.40. The van der Waals surface area contributed by atoms with Crippen LogP contribution in [0.3, 0.4) is 0 Å². The zero-order chi connectivity index (χ0) is 14.9. The summed E-state index contributed by atoms with van der Waals surface area (Å²) in [7, 11) is 1.76. The topological polar surface area (TPSA) is 105 Å². The fourth-order valence-corrected chi connectivity index (χ4v) is 2.18. The van der Waals surface area contributed by atoms with E-state index in [-0.39, 0.29) is 0 Å². The molecular weight excluding hydrogens is 282 g/mol. The average Bonchev–Trinajstić information content (AvgIpc) is 2.66. The Kier molecular flexibility index (Phi) is 3.66. The van der Waals surface area contributed by atoms with Crippen LogP contribution in [-0.4, -0.2) is 25.7 Å². The molecule has 8 heteroatoms. The van der Waals surface area contributed by atoms with Crippen molar-refractivity contribution in [3.05, 3.63) is 49.1 Å². The van der Waals surface area contributed by atoms with Gasteiger partial charge in [0.1, 0.15) is 5.56 Å². The number of nitrogens with one attached hydrogen (secondary N) is 1. The van der Waals surface area contributed by atoms with E-state index in [1.165, 1.54) is 6.08 Å². The molecule has 7 nitrogen and oxygen atoms in total. The van der Waals surface area contributed by atoms with Gasteiger partial charge < -0.3 is 5.11 Å². The molecule has 0 aliphatic rings. The van der Waals surface area contributed by atoms with E-state index in [4.69, 9.17) is 0 Å². The lowest BCUT2D eigenvalue weighted by atomic mass is 10.1. The second-order valence-corrected chi connectivity index (χ2v) is 4.99. The van der Waals surface area contributed by atoms with Gasteiger partial charge in [0.2, 0.25) is 0 Å². The molecule has 104 valence electrons. The summed E-state index contributed by atoms with van der Waals surface area (Å²) in [6, 6.07) is 0. The van der Waals surface area contributed by atoms with Crippen molar-refractivity contribution in [1.29, 1.82) is 0 Å². The largest absolute Gasteiger partial charge is 0.499 e. The second-order valence-electron chi connectivity index (χ2n) is 4.03. The Hall–Kier alpha value is -2.48. The number of nitrogens with zero attached hydrogens (tertiary/aromatic N) is 2. The van der Waals surface area contributed by atoms with E-state index in [0.29, 0.717) is 11.3 Å². The number of aryl methyl sites for hydroxylation is 1. The highest BCUT2D eigenvalue weighted by molar-refractivity contribution is 7.11.